The Balaban J connectivity index is 1.36. The maximum absolute atomic E-state index is 13.5. The molecule has 3 fully saturated rings. The molecule has 3 heterocycles. The summed E-state index contributed by atoms with van der Waals surface area (Å²) in [5.74, 6) is 0.392. The molecular weight excluding hydrogens is 485 g/mol. The number of fused-ring (bicyclic) bond motifs is 1. The first kappa shape index (κ1) is 23.4. The number of nitrogens with zero attached hydrogens (tertiary/aromatic N) is 3. The number of carboxylic acids is 1. The summed E-state index contributed by atoms with van der Waals surface area (Å²) in [6.45, 7) is 1.14. The van der Waals surface area contributed by atoms with Gasteiger partial charge in [-0.15, -0.1) is 0 Å². The number of pyridine rings is 1. The second kappa shape index (κ2) is 8.86. The maximum Gasteiger partial charge on any atom is 0.307 e. The van der Waals surface area contributed by atoms with Crippen LogP contribution >= 0.6 is 10.6 Å². The molecule has 0 radical (unpaired) electrons. The summed E-state index contributed by atoms with van der Waals surface area (Å²) in [5, 5.41) is 9.98. The van der Waals surface area contributed by atoms with Gasteiger partial charge in [0.1, 0.15) is 23.0 Å². The fourth-order valence-corrected chi connectivity index (χ4v) is 6.88. The normalized spacial score (nSPS) is 27.8. The average Bonchev–Trinajstić information content (AvgIpc) is 3.50. The molecule has 0 spiro atoms. The second-order valence-corrected chi connectivity index (χ2v) is 12.5. The van der Waals surface area contributed by atoms with Gasteiger partial charge in [-0.25, -0.2) is 14.4 Å². The smallest absolute Gasteiger partial charge is 0.307 e. The van der Waals surface area contributed by atoms with Gasteiger partial charge in [0.25, 0.3) is 0 Å². The summed E-state index contributed by atoms with van der Waals surface area (Å²) >= 11 is 0. The summed E-state index contributed by atoms with van der Waals surface area (Å²) < 4.78 is 39.5. The quantitative estimate of drug-likeness (QED) is 0.419. The zero-order chi connectivity index (χ0) is 25.0. The molecule has 3 aliphatic rings. The van der Waals surface area contributed by atoms with E-state index in [0.29, 0.717) is 60.0 Å². The molecule has 0 bridgehead atoms. The molecule has 4 unspecified atom stereocenters. The molecular formula is C26H28FN3O5S. The fourth-order valence-electron chi connectivity index (χ4n) is 5.65. The van der Waals surface area contributed by atoms with Gasteiger partial charge < -0.3 is 14.4 Å². The Morgan fingerprint density at radius 1 is 1.03 bits per heavy atom. The van der Waals surface area contributed by atoms with Gasteiger partial charge in [0.15, 0.2) is 0 Å². The minimum Gasteiger partial charge on any atom is -0.481 e. The van der Waals surface area contributed by atoms with Gasteiger partial charge in [0, 0.05) is 30.3 Å². The molecule has 3 N–H and O–H groups in total. The monoisotopic (exact) mass is 513 g/mol. The van der Waals surface area contributed by atoms with Crippen LogP contribution in [0, 0.1) is 23.6 Å². The van der Waals surface area contributed by atoms with Crippen LogP contribution < -0.4 is 4.90 Å². The molecule has 3 aromatic rings. The molecule has 10 heteroatoms. The van der Waals surface area contributed by atoms with Crippen molar-refractivity contribution in [2.75, 3.05) is 29.5 Å². The Bertz CT molecular complexity index is 1270. The van der Waals surface area contributed by atoms with Crippen molar-refractivity contribution in [2.24, 2.45) is 17.8 Å². The van der Waals surface area contributed by atoms with Crippen molar-refractivity contribution in [3.05, 3.63) is 54.2 Å². The van der Waals surface area contributed by atoms with Crippen molar-refractivity contribution in [3.63, 3.8) is 0 Å². The third-order valence-electron chi connectivity index (χ3n) is 7.80. The predicted molar refractivity (Wildman–Crippen MR) is 135 cm³/mol. The van der Waals surface area contributed by atoms with Gasteiger partial charge in [-0.2, -0.15) is 10.6 Å². The molecule has 36 heavy (non-hydrogen) atoms. The molecule has 190 valence electrons. The lowest BCUT2D eigenvalue weighted by Gasteiger charge is -2.41. The average molecular weight is 514 g/mol. The van der Waals surface area contributed by atoms with Gasteiger partial charge >= 0.3 is 5.97 Å². The minimum absolute atomic E-state index is 0.243. The zero-order valence-corrected chi connectivity index (χ0v) is 20.4. The SMILES string of the molecule is O=C(O)C1CC2CC2CC1c1oc(-c2ccc(F)cn2)nc1-c1ccc(N2CCS(O)(O)CC2)cc1. The minimum atomic E-state index is -2.47. The van der Waals surface area contributed by atoms with Crippen LogP contribution in [0.3, 0.4) is 0 Å². The Hall–Kier alpha value is -2.95. The molecule has 4 atom stereocenters. The first-order valence-electron chi connectivity index (χ1n) is 12.2. The lowest BCUT2D eigenvalue weighted by molar-refractivity contribution is -0.143. The van der Waals surface area contributed by atoms with Crippen LogP contribution in [-0.2, 0) is 4.79 Å². The highest BCUT2D eigenvalue weighted by Crippen LogP contribution is 2.57. The van der Waals surface area contributed by atoms with E-state index >= 15 is 0 Å². The maximum atomic E-state index is 13.5. The first-order valence-corrected chi connectivity index (χ1v) is 14.1. The molecule has 6 rings (SSSR count). The number of halogens is 1. The van der Waals surface area contributed by atoms with Crippen LogP contribution in [0.15, 0.2) is 47.0 Å². The summed E-state index contributed by atoms with van der Waals surface area (Å²) in [7, 11) is -2.47. The molecule has 2 aliphatic carbocycles. The second-order valence-electron chi connectivity index (χ2n) is 10.1. The van der Waals surface area contributed by atoms with E-state index in [9.17, 15) is 23.4 Å². The number of oxazole rings is 1. The number of rotatable bonds is 5. The number of carboxylic acid groups (broad SMARTS) is 1. The van der Waals surface area contributed by atoms with E-state index in [1.54, 1.807) is 0 Å². The van der Waals surface area contributed by atoms with E-state index in [1.165, 1.54) is 12.1 Å². The van der Waals surface area contributed by atoms with Crippen LogP contribution in [0.4, 0.5) is 10.1 Å². The van der Waals surface area contributed by atoms with Crippen LogP contribution in [-0.4, -0.2) is 54.7 Å². The van der Waals surface area contributed by atoms with Gasteiger partial charge in [0.05, 0.1) is 23.6 Å². The summed E-state index contributed by atoms with van der Waals surface area (Å²) in [6.07, 6.45) is 3.56. The molecule has 1 aliphatic heterocycles. The number of anilines is 1. The highest BCUT2D eigenvalue weighted by Gasteiger charge is 2.51. The number of benzene rings is 1. The van der Waals surface area contributed by atoms with E-state index in [1.807, 2.05) is 24.3 Å². The van der Waals surface area contributed by atoms with E-state index in [-0.39, 0.29) is 11.8 Å². The van der Waals surface area contributed by atoms with Crippen molar-refractivity contribution < 1.29 is 27.8 Å². The largest absolute Gasteiger partial charge is 0.481 e. The molecule has 2 aromatic heterocycles. The van der Waals surface area contributed by atoms with Gasteiger partial charge in [-0.1, -0.05) is 12.1 Å². The Kier molecular flexibility index (Phi) is 5.77. The third-order valence-corrected chi connectivity index (χ3v) is 9.48. The van der Waals surface area contributed by atoms with Crippen LogP contribution in [0.5, 0.6) is 0 Å². The lowest BCUT2D eigenvalue weighted by atomic mass is 9.77. The van der Waals surface area contributed by atoms with Gasteiger partial charge in [-0.3, -0.25) is 13.9 Å². The molecule has 8 nitrogen and oxygen atoms in total. The Labute approximate surface area is 209 Å². The third kappa shape index (κ3) is 4.49. The molecule has 0 amide bonds. The van der Waals surface area contributed by atoms with Crippen molar-refractivity contribution in [2.45, 2.75) is 25.2 Å². The highest BCUT2D eigenvalue weighted by atomic mass is 32.3. The molecule has 1 saturated heterocycles. The number of hydrogen-bond acceptors (Lipinski definition) is 7. The van der Waals surface area contributed by atoms with Gasteiger partial charge in [0.2, 0.25) is 5.89 Å². The van der Waals surface area contributed by atoms with E-state index in [4.69, 9.17) is 9.40 Å². The highest BCUT2D eigenvalue weighted by molar-refractivity contribution is 8.24. The topological polar surface area (TPSA) is 120 Å². The number of hydrogen-bond donors (Lipinski definition) is 3. The van der Waals surface area contributed by atoms with Crippen molar-refractivity contribution in [1.82, 2.24) is 9.97 Å². The van der Waals surface area contributed by atoms with Crippen LogP contribution in [0.2, 0.25) is 0 Å². The van der Waals surface area contributed by atoms with Gasteiger partial charge in [-0.05, 0) is 55.4 Å². The predicted octanol–water partition coefficient (Wildman–Crippen LogP) is 5.33. The van der Waals surface area contributed by atoms with Crippen molar-refractivity contribution >= 4 is 22.2 Å². The van der Waals surface area contributed by atoms with Crippen molar-refractivity contribution in [1.29, 1.82) is 0 Å². The number of aliphatic carboxylic acids is 1. The Morgan fingerprint density at radius 2 is 1.75 bits per heavy atom. The standard InChI is InChI=1S/C26H28FN3O5S/c27-18-3-6-22(28-14-18)25-29-23(24(35-25)20-12-16-11-17(16)13-21(20)26(31)32)15-1-4-19(5-2-15)30-7-9-36(33,34)10-8-30/h1-6,14,16-17,20-21,33-34H,7-13H2,(H,31,32). The zero-order valence-electron chi connectivity index (χ0n) is 19.6. The molecule has 1 aromatic carbocycles. The van der Waals surface area contributed by atoms with Crippen LogP contribution in [0.1, 0.15) is 30.9 Å². The van der Waals surface area contributed by atoms with Crippen molar-refractivity contribution in [3.8, 4) is 22.8 Å². The Morgan fingerprint density at radius 3 is 2.42 bits per heavy atom. The number of carbonyl (C=O) groups is 1. The summed E-state index contributed by atoms with van der Waals surface area (Å²) in [4.78, 5) is 23.1. The van der Waals surface area contributed by atoms with E-state index in [2.05, 4.69) is 9.88 Å². The number of aromatic nitrogens is 2. The molecule has 2 saturated carbocycles. The lowest BCUT2D eigenvalue weighted by Crippen LogP contribution is -2.38. The first-order chi connectivity index (χ1) is 17.3. The summed E-state index contributed by atoms with van der Waals surface area (Å²) in [5.41, 5.74) is 2.75. The van der Waals surface area contributed by atoms with E-state index in [0.717, 1.165) is 30.3 Å². The fraction of sp³-hybridized carbons (Fsp3) is 0.423. The van der Waals surface area contributed by atoms with E-state index < -0.39 is 28.3 Å². The summed E-state index contributed by atoms with van der Waals surface area (Å²) in [6, 6.07) is 10.6. The van der Waals surface area contributed by atoms with Crippen LogP contribution in [0.25, 0.3) is 22.8 Å².